The Hall–Kier alpha value is -2.62. The summed E-state index contributed by atoms with van der Waals surface area (Å²) >= 11 is 0. The summed E-state index contributed by atoms with van der Waals surface area (Å²) in [7, 11) is -2.23. The molecule has 0 spiro atoms. The predicted molar refractivity (Wildman–Crippen MR) is 113 cm³/mol. The second-order valence-corrected chi connectivity index (χ2v) is 8.93. The van der Waals surface area contributed by atoms with Crippen LogP contribution < -0.4 is 8.92 Å². The molecule has 1 heterocycles. The molecule has 0 atom stereocenters. The largest absolute Gasteiger partial charge is 0.493 e. The summed E-state index contributed by atoms with van der Waals surface area (Å²) in [5.74, 6) is -0.876. The fourth-order valence-corrected chi connectivity index (χ4v) is 3.57. The fraction of sp³-hybridized carbons (Fsp3) is 0.409. The van der Waals surface area contributed by atoms with Crippen LogP contribution in [0.2, 0.25) is 0 Å². The maximum absolute atomic E-state index is 11.7. The van der Waals surface area contributed by atoms with Crippen LogP contribution in [0, 0.1) is 0 Å². The quantitative estimate of drug-likeness (QED) is 0.447. The van der Waals surface area contributed by atoms with Gasteiger partial charge in [-0.1, -0.05) is 24.3 Å². The van der Waals surface area contributed by atoms with Crippen molar-refractivity contribution in [2.75, 3.05) is 33.2 Å². The SMILES string of the molecule is COC(=O)C1(C)OCC(c2ccc(OCCc3ccc(OS(C)(=O)=O)cc3)cc2)CO1. The van der Waals surface area contributed by atoms with Gasteiger partial charge in [-0.05, 0) is 35.4 Å². The number of hydrogen-bond acceptors (Lipinski definition) is 8. The maximum atomic E-state index is 11.7. The third-order valence-electron chi connectivity index (χ3n) is 4.86. The average molecular weight is 451 g/mol. The highest BCUT2D eigenvalue weighted by atomic mass is 32.2. The van der Waals surface area contributed by atoms with Crippen molar-refractivity contribution in [3.63, 3.8) is 0 Å². The Bertz CT molecular complexity index is 975. The summed E-state index contributed by atoms with van der Waals surface area (Å²) in [5, 5.41) is 0. The van der Waals surface area contributed by atoms with E-state index in [0.29, 0.717) is 26.2 Å². The van der Waals surface area contributed by atoms with Crippen LogP contribution >= 0.6 is 0 Å². The molecule has 1 fully saturated rings. The van der Waals surface area contributed by atoms with Gasteiger partial charge < -0.3 is 23.1 Å². The van der Waals surface area contributed by atoms with Gasteiger partial charge in [-0.2, -0.15) is 8.42 Å². The van der Waals surface area contributed by atoms with Gasteiger partial charge in [-0.3, -0.25) is 0 Å². The highest BCUT2D eigenvalue weighted by Crippen LogP contribution is 2.29. The second kappa shape index (κ2) is 9.67. The summed E-state index contributed by atoms with van der Waals surface area (Å²) in [5.41, 5.74) is 2.03. The number of carbonyl (C=O) groups is 1. The van der Waals surface area contributed by atoms with Gasteiger partial charge in [0.15, 0.2) is 0 Å². The van der Waals surface area contributed by atoms with Gasteiger partial charge in [-0.15, -0.1) is 0 Å². The molecule has 168 valence electrons. The lowest BCUT2D eigenvalue weighted by Crippen LogP contribution is -2.47. The van der Waals surface area contributed by atoms with E-state index >= 15 is 0 Å². The predicted octanol–water partition coefficient (Wildman–Crippen LogP) is 2.67. The average Bonchev–Trinajstić information content (AvgIpc) is 2.74. The van der Waals surface area contributed by atoms with E-state index in [1.165, 1.54) is 7.11 Å². The van der Waals surface area contributed by atoms with Crippen molar-refractivity contribution >= 4 is 16.1 Å². The number of ether oxygens (including phenoxy) is 4. The van der Waals surface area contributed by atoms with Gasteiger partial charge in [0.1, 0.15) is 11.5 Å². The lowest BCUT2D eigenvalue weighted by Gasteiger charge is -2.35. The number of carbonyl (C=O) groups excluding carboxylic acids is 1. The number of hydrogen-bond donors (Lipinski definition) is 0. The Balaban J connectivity index is 1.46. The van der Waals surface area contributed by atoms with Crippen molar-refractivity contribution < 1.29 is 36.3 Å². The normalized spacial score (nSPS) is 21.3. The third-order valence-corrected chi connectivity index (χ3v) is 5.35. The minimum absolute atomic E-state index is 0.0134. The molecular weight excluding hydrogens is 424 g/mol. The van der Waals surface area contributed by atoms with Crippen molar-refractivity contribution in [3.8, 4) is 11.5 Å². The minimum Gasteiger partial charge on any atom is -0.493 e. The standard InChI is InChI=1S/C22H26O8S/c1-22(21(23)26-2)28-14-18(15-29-22)17-6-10-19(11-7-17)27-13-12-16-4-8-20(9-5-16)30-31(3,24)25/h4-11,18H,12-15H2,1-3H3. The second-order valence-electron chi connectivity index (χ2n) is 7.36. The number of rotatable bonds is 8. The smallest absolute Gasteiger partial charge is 0.366 e. The van der Waals surface area contributed by atoms with E-state index in [-0.39, 0.29) is 11.7 Å². The van der Waals surface area contributed by atoms with Crippen molar-refractivity contribution in [3.05, 3.63) is 59.7 Å². The van der Waals surface area contributed by atoms with Crippen molar-refractivity contribution in [1.82, 2.24) is 0 Å². The summed E-state index contributed by atoms with van der Waals surface area (Å²) in [6.45, 7) is 2.73. The zero-order chi connectivity index (χ0) is 22.5. The van der Waals surface area contributed by atoms with Gasteiger partial charge in [0, 0.05) is 19.3 Å². The van der Waals surface area contributed by atoms with Gasteiger partial charge in [0.05, 0.1) is 33.2 Å². The lowest BCUT2D eigenvalue weighted by molar-refractivity contribution is -0.264. The molecule has 8 nitrogen and oxygen atoms in total. The fourth-order valence-electron chi connectivity index (χ4n) is 3.11. The van der Waals surface area contributed by atoms with E-state index in [2.05, 4.69) is 0 Å². The van der Waals surface area contributed by atoms with E-state index in [1.54, 1.807) is 31.2 Å². The van der Waals surface area contributed by atoms with Crippen LogP contribution in [-0.4, -0.2) is 53.4 Å². The molecule has 0 aliphatic carbocycles. The van der Waals surface area contributed by atoms with E-state index in [9.17, 15) is 13.2 Å². The molecule has 0 aromatic heterocycles. The summed E-state index contributed by atoms with van der Waals surface area (Å²) < 4.78 is 48.8. The molecule has 0 saturated carbocycles. The molecule has 0 N–H and O–H groups in total. The Labute approximate surface area is 182 Å². The monoisotopic (exact) mass is 450 g/mol. The molecule has 9 heteroatoms. The van der Waals surface area contributed by atoms with Crippen LogP contribution in [0.25, 0.3) is 0 Å². The first kappa shape index (κ1) is 23.1. The van der Waals surface area contributed by atoms with Crippen molar-refractivity contribution in [2.45, 2.75) is 25.0 Å². The maximum Gasteiger partial charge on any atom is 0.366 e. The highest BCUT2D eigenvalue weighted by molar-refractivity contribution is 7.86. The zero-order valence-electron chi connectivity index (χ0n) is 17.7. The highest BCUT2D eigenvalue weighted by Gasteiger charge is 2.41. The van der Waals surface area contributed by atoms with Crippen LogP contribution in [0.1, 0.15) is 24.0 Å². The molecule has 0 amide bonds. The minimum atomic E-state index is -3.53. The van der Waals surface area contributed by atoms with Crippen molar-refractivity contribution in [1.29, 1.82) is 0 Å². The first-order valence-corrected chi connectivity index (χ1v) is 11.6. The summed E-state index contributed by atoms with van der Waals surface area (Å²) in [4.78, 5) is 11.7. The summed E-state index contributed by atoms with van der Waals surface area (Å²) in [6, 6.07) is 14.5. The van der Waals surface area contributed by atoms with Gasteiger partial charge in [-0.25, -0.2) is 4.79 Å². The van der Waals surface area contributed by atoms with E-state index in [0.717, 1.165) is 23.1 Å². The first-order valence-electron chi connectivity index (χ1n) is 9.76. The molecule has 1 aliphatic rings. The van der Waals surface area contributed by atoms with Crippen LogP contribution in [0.5, 0.6) is 11.5 Å². The molecule has 3 rings (SSSR count). The van der Waals surface area contributed by atoms with E-state index in [1.807, 2.05) is 24.3 Å². The number of benzene rings is 2. The molecule has 1 aliphatic heterocycles. The summed E-state index contributed by atoms with van der Waals surface area (Å²) in [6.07, 6.45) is 1.67. The molecule has 0 unspecified atom stereocenters. The molecule has 0 bridgehead atoms. The Morgan fingerprint density at radius 3 is 2.16 bits per heavy atom. The number of methoxy groups -OCH3 is 1. The first-order chi connectivity index (χ1) is 14.7. The van der Waals surface area contributed by atoms with Gasteiger partial charge in [0.2, 0.25) is 0 Å². The van der Waals surface area contributed by atoms with Gasteiger partial charge in [0.25, 0.3) is 5.79 Å². The molecule has 1 saturated heterocycles. The van der Waals surface area contributed by atoms with Crippen LogP contribution in [0.15, 0.2) is 48.5 Å². The topological polar surface area (TPSA) is 97.4 Å². The van der Waals surface area contributed by atoms with Crippen molar-refractivity contribution in [2.24, 2.45) is 0 Å². The Morgan fingerprint density at radius 1 is 1.03 bits per heavy atom. The van der Waals surface area contributed by atoms with E-state index < -0.39 is 21.9 Å². The number of esters is 1. The lowest BCUT2D eigenvalue weighted by atomic mass is 9.99. The molecule has 2 aromatic carbocycles. The van der Waals surface area contributed by atoms with Crippen LogP contribution in [0.3, 0.4) is 0 Å². The van der Waals surface area contributed by atoms with Crippen LogP contribution in [0.4, 0.5) is 0 Å². The molecular formula is C22H26O8S. The molecule has 0 radical (unpaired) electrons. The molecule has 31 heavy (non-hydrogen) atoms. The van der Waals surface area contributed by atoms with Crippen LogP contribution in [-0.2, 0) is 35.5 Å². The van der Waals surface area contributed by atoms with E-state index in [4.69, 9.17) is 23.1 Å². The van der Waals surface area contributed by atoms with Gasteiger partial charge >= 0.3 is 16.1 Å². The zero-order valence-corrected chi connectivity index (χ0v) is 18.5. The third kappa shape index (κ3) is 6.43. The Kier molecular flexibility index (Phi) is 7.19. The molecule has 2 aromatic rings. The Morgan fingerprint density at radius 2 is 1.61 bits per heavy atom.